The Morgan fingerprint density at radius 1 is 0.972 bits per heavy atom. The number of aromatic nitrogens is 2. The second kappa shape index (κ2) is 10.3. The summed E-state index contributed by atoms with van der Waals surface area (Å²) >= 11 is 0. The number of nitrogens with one attached hydrogen (secondary N) is 3. The summed E-state index contributed by atoms with van der Waals surface area (Å²) in [5.74, 6) is -3.55. The highest BCUT2D eigenvalue weighted by molar-refractivity contribution is 6.05. The second-order valence-electron chi connectivity index (χ2n) is 7.12. The highest BCUT2D eigenvalue weighted by atomic mass is 16.5. The van der Waals surface area contributed by atoms with Crippen LogP contribution in [0.4, 0.5) is 11.4 Å². The number of benzene rings is 2. The van der Waals surface area contributed by atoms with Crippen LogP contribution in [0.15, 0.2) is 61.6 Å². The molecule has 0 spiro atoms. The molecule has 1 aromatic heterocycles. The SMILES string of the molecule is COC(=O)c1ccc(C(=O)O)c(N=N/C(C(=O)Nc2cc3[nH]c(=O)c(=O)[nH]c3cc2OC)=C(\C)O)c1. The van der Waals surface area contributed by atoms with Gasteiger partial charge < -0.3 is 35.0 Å². The number of aromatic carboxylic acids is 1. The smallest absolute Gasteiger partial charge is 0.337 e. The van der Waals surface area contributed by atoms with Crippen LogP contribution in [0.3, 0.4) is 0 Å². The molecule has 0 unspecified atom stereocenters. The summed E-state index contributed by atoms with van der Waals surface area (Å²) in [5, 5.41) is 29.3. The Hall–Kier alpha value is -5.27. The van der Waals surface area contributed by atoms with E-state index >= 15 is 0 Å². The molecule has 2 aromatic carbocycles. The van der Waals surface area contributed by atoms with Gasteiger partial charge in [-0.1, -0.05) is 0 Å². The van der Waals surface area contributed by atoms with E-state index in [-0.39, 0.29) is 39.3 Å². The maximum absolute atomic E-state index is 12.9. The third kappa shape index (κ3) is 5.27. The summed E-state index contributed by atoms with van der Waals surface area (Å²) in [5.41, 5.74) is -2.53. The van der Waals surface area contributed by atoms with Crippen LogP contribution >= 0.6 is 0 Å². The molecule has 5 N–H and O–H groups in total. The Morgan fingerprint density at radius 3 is 2.17 bits per heavy atom. The number of hydrogen-bond donors (Lipinski definition) is 5. The van der Waals surface area contributed by atoms with Crippen molar-refractivity contribution < 1.29 is 34.1 Å². The van der Waals surface area contributed by atoms with Crippen LogP contribution in [0.1, 0.15) is 27.6 Å². The molecule has 0 bridgehead atoms. The maximum Gasteiger partial charge on any atom is 0.337 e. The maximum atomic E-state index is 12.9. The number of ether oxygens (including phenoxy) is 2. The molecule has 0 aliphatic heterocycles. The molecule has 3 aromatic rings. The number of carboxylic acid groups (broad SMARTS) is 1. The van der Waals surface area contributed by atoms with Gasteiger partial charge in [-0.2, -0.15) is 0 Å². The topological polar surface area (TPSA) is 213 Å². The number of allylic oxidation sites excluding steroid dienone is 1. The van der Waals surface area contributed by atoms with Crippen LogP contribution in [0.5, 0.6) is 5.75 Å². The van der Waals surface area contributed by atoms with Crippen molar-refractivity contribution in [3.05, 3.63) is 73.6 Å². The van der Waals surface area contributed by atoms with E-state index in [1.54, 1.807) is 0 Å². The van der Waals surface area contributed by atoms with Crippen molar-refractivity contribution in [1.82, 2.24) is 9.97 Å². The summed E-state index contributed by atoms with van der Waals surface area (Å²) in [6.07, 6.45) is 0. The predicted octanol–water partition coefficient (Wildman–Crippen LogP) is 2.22. The van der Waals surface area contributed by atoms with Crippen LogP contribution in [-0.2, 0) is 9.53 Å². The van der Waals surface area contributed by atoms with Crippen LogP contribution in [0.25, 0.3) is 11.0 Å². The van der Waals surface area contributed by atoms with E-state index in [1.807, 2.05) is 0 Å². The first-order chi connectivity index (χ1) is 17.0. The number of carboxylic acids is 1. The number of aliphatic hydroxyl groups excluding tert-OH is 1. The molecule has 0 aliphatic carbocycles. The first-order valence-corrected chi connectivity index (χ1v) is 9.98. The Morgan fingerprint density at radius 2 is 1.61 bits per heavy atom. The standard InChI is InChI=1S/C22H19N5O9/c1-9(28)17(27-26-12-6-10(22(34)36-3)4-5-11(12)21(32)33)18(29)25-15-7-13-14(8-16(15)35-2)24-20(31)19(30)23-13/h4-8,28H,1-3H3,(H,23,30)(H,24,31)(H,25,29)(H,32,33)/b17-9+,27-26?. The van der Waals surface area contributed by atoms with Crippen molar-refractivity contribution >= 4 is 40.3 Å². The van der Waals surface area contributed by atoms with Crippen LogP contribution < -0.4 is 21.2 Å². The van der Waals surface area contributed by atoms with Gasteiger partial charge in [0.15, 0.2) is 5.70 Å². The number of aromatic amines is 2. The van der Waals surface area contributed by atoms with Gasteiger partial charge in [-0.05, 0) is 31.2 Å². The summed E-state index contributed by atoms with van der Waals surface area (Å²) < 4.78 is 9.81. The van der Waals surface area contributed by atoms with Gasteiger partial charge in [-0.15, -0.1) is 10.2 Å². The van der Waals surface area contributed by atoms with E-state index in [9.17, 15) is 34.2 Å². The number of azo groups is 1. The number of H-pyrrole nitrogens is 2. The van der Waals surface area contributed by atoms with Gasteiger partial charge in [0, 0.05) is 6.07 Å². The number of carbonyl (C=O) groups excluding carboxylic acids is 2. The summed E-state index contributed by atoms with van der Waals surface area (Å²) in [6, 6.07) is 6.11. The molecule has 0 saturated carbocycles. The largest absolute Gasteiger partial charge is 0.510 e. The quantitative estimate of drug-likeness (QED) is 0.106. The highest BCUT2D eigenvalue weighted by Gasteiger charge is 2.19. The van der Waals surface area contributed by atoms with Crippen LogP contribution in [0.2, 0.25) is 0 Å². The van der Waals surface area contributed by atoms with Crippen molar-refractivity contribution in [2.75, 3.05) is 19.5 Å². The Kier molecular flexibility index (Phi) is 7.28. The summed E-state index contributed by atoms with van der Waals surface area (Å²) in [7, 11) is 2.44. The van der Waals surface area contributed by atoms with Gasteiger partial charge >= 0.3 is 23.1 Å². The normalized spacial score (nSPS) is 11.8. The first-order valence-electron chi connectivity index (χ1n) is 9.98. The molecule has 14 heteroatoms. The van der Waals surface area contributed by atoms with E-state index in [4.69, 9.17) is 4.74 Å². The average molecular weight is 497 g/mol. The number of aliphatic hydroxyl groups is 1. The fraction of sp³-hybridized carbons (Fsp3) is 0.136. The molecular weight excluding hydrogens is 478 g/mol. The van der Waals surface area contributed by atoms with E-state index in [2.05, 4.69) is 30.3 Å². The Balaban J connectivity index is 2.00. The minimum atomic E-state index is -1.37. The molecule has 0 saturated heterocycles. The lowest BCUT2D eigenvalue weighted by atomic mass is 10.1. The van der Waals surface area contributed by atoms with Crippen molar-refractivity contribution in [3.8, 4) is 5.75 Å². The molecular formula is C22H19N5O9. The second-order valence-corrected chi connectivity index (χ2v) is 7.12. The predicted molar refractivity (Wildman–Crippen MR) is 125 cm³/mol. The van der Waals surface area contributed by atoms with Crippen molar-refractivity contribution in [2.45, 2.75) is 6.92 Å². The van der Waals surface area contributed by atoms with E-state index in [1.165, 1.54) is 25.3 Å². The van der Waals surface area contributed by atoms with Crippen molar-refractivity contribution in [2.24, 2.45) is 10.2 Å². The number of fused-ring (bicyclic) bond motifs is 1. The Bertz CT molecular complexity index is 1560. The van der Waals surface area contributed by atoms with E-state index in [0.29, 0.717) is 0 Å². The van der Waals surface area contributed by atoms with Gasteiger partial charge in [0.1, 0.15) is 17.2 Å². The lowest BCUT2D eigenvalue weighted by Crippen LogP contribution is -2.29. The zero-order chi connectivity index (χ0) is 26.6. The minimum absolute atomic E-state index is 0.0138. The monoisotopic (exact) mass is 497 g/mol. The molecule has 14 nitrogen and oxygen atoms in total. The fourth-order valence-corrected chi connectivity index (χ4v) is 3.02. The molecule has 0 fully saturated rings. The van der Waals surface area contributed by atoms with Gasteiger partial charge in [0.05, 0.1) is 42.1 Å². The fourth-order valence-electron chi connectivity index (χ4n) is 3.02. The van der Waals surface area contributed by atoms with Crippen molar-refractivity contribution in [1.29, 1.82) is 0 Å². The molecule has 0 aliphatic rings. The van der Waals surface area contributed by atoms with Gasteiger partial charge in [0.25, 0.3) is 5.91 Å². The molecule has 186 valence electrons. The summed E-state index contributed by atoms with van der Waals surface area (Å²) in [6.45, 7) is 1.15. The number of esters is 1. The number of carbonyl (C=O) groups is 3. The Labute approximate surface area is 200 Å². The number of amides is 1. The highest BCUT2D eigenvalue weighted by Crippen LogP contribution is 2.29. The molecule has 0 radical (unpaired) electrons. The lowest BCUT2D eigenvalue weighted by molar-refractivity contribution is -0.113. The number of rotatable bonds is 7. The minimum Gasteiger partial charge on any atom is -0.510 e. The zero-order valence-corrected chi connectivity index (χ0v) is 19.0. The number of methoxy groups -OCH3 is 2. The van der Waals surface area contributed by atoms with Crippen LogP contribution in [0, 0.1) is 0 Å². The zero-order valence-electron chi connectivity index (χ0n) is 19.0. The molecule has 1 heterocycles. The van der Waals surface area contributed by atoms with Crippen LogP contribution in [-0.4, -0.2) is 52.2 Å². The van der Waals surface area contributed by atoms with Gasteiger partial charge in [-0.3, -0.25) is 14.4 Å². The molecule has 36 heavy (non-hydrogen) atoms. The third-order valence-corrected chi connectivity index (χ3v) is 4.76. The van der Waals surface area contributed by atoms with Gasteiger partial charge in [-0.25, -0.2) is 9.59 Å². The summed E-state index contributed by atoms with van der Waals surface area (Å²) in [4.78, 5) is 64.1. The van der Waals surface area contributed by atoms with E-state index in [0.717, 1.165) is 26.2 Å². The van der Waals surface area contributed by atoms with E-state index < -0.39 is 40.4 Å². The average Bonchev–Trinajstić information content (AvgIpc) is 2.83. The van der Waals surface area contributed by atoms with Gasteiger partial charge in [0.2, 0.25) is 0 Å². The number of nitrogens with zero attached hydrogens (tertiary/aromatic N) is 2. The molecule has 1 amide bonds. The molecule has 3 rings (SSSR count). The lowest BCUT2D eigenvalue weighted by Gasteiger charge is -2.12. The number of hydrogen-bond acceptors (Lipinski definition) is 10. The third-order valence-electron chi connectivity index (χ3n) is 4.76. The molecule has 0 atom stereocenters. The first kappa shape index (κ1) is 25.4. The van der Waals surface area contributed by atoms with Crippen molar-refractivity contribution in [3.63, 3.8) is 0 Å². The number of anilines is 1.